The maximum Gasteiger partial charge on any atom is 0.400 e. The van der Waals surface area contributed by atoms with E-state index in [0.29, 0.717) is 0 Å². The minimum atomic E-state index is -4.37. The Kier molecular flexibility index (Phi) is 2.01. The van der Waals surface area contributed by atoms with Crippen LogP contribution >= 0.6 is 0 Å². The Morgan fingerprint density at radius 1 is 1.27 bits per heavy atom. The fourth-order valence-corrected chi connectivity index (χ4v) is 1.74. The lowest BCUT2D eigenvalue weighted by Gasteiger charge is -2.30. The van der Waals surface area contributed by atoms with Crippen LogP contribution in [0.5, 0.6) is 0 Å². The van der Waals surface area contributed by atoms with E-state index in [9.17, 15) is 13.2 Å². The summed E-state index contributed by atoms with van der Waals surface area (Å²) in [6.45, 7) is -0.376. The maximum absolute atomic E-state index is 13.1. The molecule has 0 bridgehead atoms. The topological polar surface area (TPSA) is 12.4 Å². The highest BCUT2D eigenvalue weighted by Crippen LogP contribution is 2.45. The van der Waals surface area contributed by atoms with Crippen LogP contribution in [0.25, 0.3) is 0 Å². The third-order valence-corrected chi connectivity index (χ3v) is 2.71. The first kappa shape index (κ1) is 8.95. The molecule has 1 aliphatic rings. The van der Waals surface area contributed by atoms with E-state index in [1.54, 1.807) is 18.2 Å². The highest BCUT2D eigenvalue weighted by Gasteiger charge is 2.56. The second kappa shape index (κ2) is 3.36. The van der Waals surface area contributed by atoms with E-state index in [2.05, 4.69) is 4.99 Å². The molecule has 1 nitrogen and oxygen atoms in total. The van der Waals surface area contributed by atoms with Gasteiger partial charge in [-0.15, -0.1) is 0 Å². The summed E-state index contributed by atoms with van der Waals surface area (Å²) in [5.41, 5.74) is -1.81. The van der Waals surface area contributed by atoms with Crippen molar-refractivity contribution in [3.05, 3.63) is 35.9 Å². The molecule has 4 heteroatoms. The second-order valence-electron chi connectivity index (χ2n) is 3.60. The van der Waals surface area contributed by atoms with Crippen LogP contribution in [-0.4, -0.2) is 18.9 Å². The normalized spacial score (nSPS) is 27.4. The molecular weight excluding hydrogens is 203 g/mol. The molecule has 80 valence electrons. The van der Waals surface area contributed by atoms with Crippen LogP contribution in [0.15, 0.2) is 35.3 Å². The zero-order valence-electron chi connectivity index (χ0n) is 8.88. The van der Waals surface area contributed by atoms with E-state index < -0.39 is 11.6 Å². The number of halogens is 3. The molecule has 0 radical (unpaired) electrons. The molecule has 0 spiro atoms. The van der Waals surface area contributed by atoms with Gasteiger partial charge in [-0.2, -0.15) is 13.2 Å². The zero-order chi connectivity index (χ0) is 11.8. The molecule has 1 aromatic rings. The minimum absolute atomic E-state index is 0.179. The van der Waals surface area contributed by atoms with E-state index in [1.807, 2.05) is 0 Å². The minimum Gasteiger partial charge on any atom is -0.296 e. The standard InChI is InChI=1S/C11H10F3N/c12-11(13,14)10(6-7-15-8-10)9-4-2-1-3-5-9/h1-5,7H,6,8H2/i7T. The Labute approximate surface area is 87.0 Å². The van der Waals surface area contributed by atoms with Crippen molar-refractivity contribution < 1.29 is 14.5 Å². The first-order valence-corrected chi connectivity index (χ1v) is 4.58. The fraction of sp³-hybridized carbons (Fsp3) is 0.364. The van der Waals surface area contributed by atoms with Gasteiger partial charge in [0.2, 0.25) is 0 Å². The first-order valence-electron chi connectivity index (χ1n) is 5.08. The lowest BCUT2D eigenvalue weighted by molar-refractivity contribution is -0.183. The van der Waals surface area contributed by atoms with E-state index in [0.717, 1.165) is 0 Å². The van der Waals surface area contributed by atoms with Gasteiger partial charge in [0.1, 0.15) is 5.41 Å². The van der Waals surface area contributed by atoms with Gasteiger partial charge >= 0.3 is 6.18 Å². The van der Waals surface area contributed by atoms with E-state index in [4.69, 9.17) is 1.37 Å². The zero-order valence-corrected chi connectivity index (χ0v) is 7.88. The quantitative estimate of drug-likeness (QED) is 0.683. The summed E-state index contributed by atoms with van der Waals surface area (Å²) in [6.07, 6.45) is -4.91. The Bertz CT molecular complexity index is 413. The Morgan fingerprint density at radius 3 is 2.40 bits per heavy atom. The molecule has 1 atom stereocenters. The molecule has 1 aliphatic heterocycles. The van der Waals surface area contributed by atoms with E-state index in [1.165, 1.54) is 12.1 Å². The molecule has 15 heavy (non-hydrogen) atoms. The third-order valence-electron chi connectivity index (χ3n) is 2.71. The number of hydrogen-bond donors (Lipinski definition) is 0. The van der Waals surface area contributed by atoms with E-state index in [-0.39, 0.29) is 24.7 Å². The van der Waals surface area contributed by atoms with Gasteiger partial charge in [0.25, 0.3) is 0 Å². The average Bonchev–Trinajstić information content (AvgIpc) is 2.62. The summed E-state index contributed by atoms with van der Waals surface area (Å²) in [6, 6.07) is 7.71. The van der Waals surface area contributed by atoms with Gasteiger partial charge in [-0.1, -0.05) is 30.3 Å². The van der Waals surface area contributed by atoms with Crippen molar-refractivity contribution in [2.45, 2.75) is 18.0 Å². The van der Waals surface area contributed by atoms with Gasteiger partial charge in [-0.05, 0) is 5.56 Å². The molecule has 0 aliphatic carbocycles. The van der Waals surface area contributed by atoms with Crippen LogP contribution in [0.4, 0.5) is 13.2 Å². The second-order valence-corrected chi connectivity index (χ2v) is 3.60. The van der Waals surface area contributed by atoms with Gasteiger partial charge < -0.3 is 0 Å². The predicted molar refractivity (Wildman–Crippen MR) is 52.2 cm³/mol. The van der Waals surface area contributed by atoms with Crippen LogP contribution in [0.2, 0.25) is 0 Å². The third kappa shape index (κ3) is 1.54. The molecule has 1 aromatic carbocycles. The number of alkyl halides is 3. The summed E-state index contributed by atoms with van der Waals surface area (Å²) in [4.78, 5) is 3.60. The van der Waals surface area contributed by atoms with Crippen LogP contribution in [0, 0.1) is 0 Å². The van der Waals surface area contributed by atoms with Gasteiger partial charge in [-0.3, -0.25) is 4.99 Å². The largest absolute Gasteiger partial charge is 0.400 e. The Morgan fingerprint density at radius 2 is 1.93 bits per heavy atom. The highest BCUT2D eigenvalue weighted by atomic mass is 19.4. The monoisotopic (exact) mass is 215 g/mol. The SMILES string of the molecule is [3H]C1=NCC(c2ccccc2)(C(F)(F)F)C1. The van der Waals surface area contributed by atoms with Gasteiger partial charge in [0.15, 0.2) is 0 Å². The molecule has 0 saturated carbocycles. The molecule has 0 aromatic heterocycles. The van der Waals surface area contributed by atoms with E-state index >= 15 is 0 Å². The van der Waals surface area contributed by atoms with Crippen LogP contribution in [0.3, 0.4) is 0 Å². The molecular formula is C11H10F3N. The Hall–Kier alpha value is -1.32. The van der Waals surface area contributed by atoms with Crippen LogP contribution < -0.4 is 0 Å². The van der Waals surface area contributed by atoms with Crippen molar-refractivity contribution in [2.75, 3.05) is 6.54 Å². The lowest BCUT2D eigenvalue weighted by atomic mass is 9.79. The first-order chi connectivity index (χ1) is 7.46. The predicted octanol–water partition coefficient (Wildman–Crippen LogP) is 2.96. The number of hydrogen-bond acceptors (Lipinski definition) is 1. The van der Waals surface area contributed by atoms with Crippen molar-refractivity contribution >= 4 is 6.19 Å². The fourth-order valence-electron chi connectivity index (χ4n) is 1.74. The summed E-state index contributed by atoms with van der Waals surface area (Å²) < 4.78 is 46.6. The average molecular weight is 215 g/mol. The smallest absolute Gasteiger partial charge is 0.296 e. The molecule has 0 amide bonds. The summed E-state index contributed by atoms with van der Waals surface area (Å²) in [5.74, 6) is 0. The van der Waals surface area contributed by atoms with Crippen LogP contribution in [-0.2, 0) is 5.41 Å². The summed E-state index contributed by atoms with van der Waals surface area (Å²) in [5, 5.41) is 0. The molecule has 0 fully saturated rings. The molecule has 0 saturated heterocycles. The molecule has 2 rings (SSSR count). The van der Waals surface area contributed by atoms with Crippen molar-refractivity contribution in [3.63, 3.8) is 0 Å². The van der Waals surface area contributed by atoms with Crippen molar-refractivity contribution in [1.29, 1.82) is 0 Å². The summed E-state index contributed by atoms with van der Waals surface area (Å²) >= 11 is 0. The van der Waals surface area contributed by atoms with Crippen molar-refractivity contribution in [3.8, 4) is 0 Å². The van der Waals surface area contributed by atoms with Gasteiger partial charge in [-0.25, -0.2) is 0 Å². The van der Waals surface area contributed by atoms with Gasteiger partial charge in [0, 0.05) is 12.6 Å². The number of nitrogens with zero attached hydrogens (tertiary/aromatic N) is 1. The molecule has 1 heterocycles. The van der Waals surface area contributed by atoms with Crippen molar-refractivity contribution in [1.82, 2.24) is 0 Å². The number of aliphatic imine (C=N–C) groups is 1. The van der Waals surface area contributed by atoms with Crippen molar-refractivity contribution in [2.24, 2.45) is 4.99 Å². The highest BCUT2D eigenvalue weighted by molar-refractivity contribution is 5.64. The van der Waals surface area contributed by atoms with Crippen LogP contribution in [0.1, 0.15) is 13.4 Å². The van der Waals surface area contributed by atoms with Gasteiger partial charge in [0.05, 0.1) is 7.92 Å². The number of rotatable bonds is 1. The summed E-state index contributed by atoms with van der Waals surface area (Å²) in [7, 11) is 0. The molecule has 0 N–H and O–H groups in total. The maximum atomic E-state index is 13.1. The lowest BCUT2D eigenvalue weighted by Crippen LogP contribution is -2.43. The molecule has 1 unspecified atom stereocenters. The Balaban J connectivity index is 2.46. The number of benzene rings is 1.